The van der Waals surface area contributed by atoms with Crippen LogP contribution in [0.5, 0.6) is 0 Å². The molecule has 1 saturated heterocycles. The van der Waals surface area contributed by atoms with Crippen molar-refractivity contribution in [3.05, 3.63) is 30.2 Å². The molecule has 0 aromatic carbocycles. The standard InChI is InChI=1S/C18H24N4O2/c1-3-18(24)21-8-5-14(6-9-21)20-17(23)12-22-11-13(2)15-10-19-7-4-16(15)22/h4,7,10-11,14H,3,5-6,8-9,12H2,1-2H3,(H,20,23). The summed E-state index contributed by atoms with van der Waals surface area (Å²) < 4.78 is 1.97. The molecule has 1 aliphatic heterocycles. The first-order chi connectivity index (χ1) is 11.6. The molecule has 2 aromatic rings. The van der Waals surface area contributed by atoms with Crippen LogP contribution in [0.4, 0.5) is 0 Å². The molecule has 6 heteroatoms. The number of pyridine rings is 1. The maximum absolute atomic E-state index is 12.4. The molecule has 3 heterocycles. The number of hydrogen-bond acceptors (Lipinski definition) is 3. The number of rotatable bonds is 4. The zero-order chi connectivity index (χ0) is 17.1. The number of fused-ring (bicyclic) bond motifs is 1. The molecule has 24 heavy (non-hydrogen) atoms. The van der Waals surface area contributed by atoms with E-state index >= 15 is 0 Å². The maximum atomic E-state index is 12.4. The van der Waals surface area contributed by atoms with Gasteiger partial charge in [0, 0.05) is 49.5 Å². The van der Waals surface area contributed by atoms with E-state index in [9.17, 15) is 9.59 Å². The van der Waals surface area contributed by atoms with Crippen LogP contribution in [-0.2, 0) is 16.1 Å². The summed E-state index contributed by atoms with van der Waals surface area (Å²) in [5.41, 5.74) is 2.15. The monoisotopic (exact) mass is 328 g/mol. The van der Waals surface area contributed by atoms with Gasteiger partial charge in [0.15, 0.2) is 0 Å². The summed E-state index contributed by atoms with van der Waals surface area (Å²) in [6.45, 7) is 5.68. The number of carbonyl (C=O) groups is 2. The van der Waals surface area contributed by atoms with Crippen LogP contribution in [0.3, 0.4) is 0 Å². The number of likely N-dealkylation sites (tertiary alicyclic amines) is 1. The van der Waals surface area contributed by atoms with Crippen molar-refractivity contribution in [2.45, 2.75) is 45.7 Å². The van der Waals surface area contributed by atoms with Crippen LogP contribution < -0.4 is 5.32 Å². The average Bonchev–Trinajstić information content (AvgIpc) is 2.91. The molecule has 128 valence electrons. The van der Waals surface area contributed by atoms with Crippen LogP contribution in [0.15, 0.2) is 24.7 Å². The summed E-state index contributed by atoms with van der Waals surface area (Å²) in [6.07, 6.45) is 7.77. The molecule has 0 atom stereocenters. The highest BCUT2D eigenvalue weighted by Gasteiger charge is 2.23. The largest absolute Gasteiger partial charge is 0.352 e. The lowest BCUT2D eigenvalue weighted by atomic mass is 10.0. The van der Waals surface area contributed by atoms with Gasteiger partial charge in [0.1, 0.15) is 6.54 Å². The molecule has 6 nitrogen and oxygen atoms in total. The van der Waals surface area contributed by atoms with Gasteiger partial charge in [0.2, 0.25) is 11.8 Å². The Morgan fingerprint density at radius 2 is 2.08 bits per heavy atom. The first-order valence-corrected chi connectivity index (χ1v) is 8.55. The van der Waals surface area contributed by atoms with Gasteiger partial charge in [-0.25, -0.2) is 0 Å². The highest BCUT2D eigenvalue weighted by Crippen LogP contribution is 2.19. The van der Waals surface area contributed by atoms with Crippen molar-refractivity contribution in [1.29, 1.82) is 0 Å². The van der Waals surface area contributed by atoms with Crippen LogP contribution >= 0.6 is 0 Å². The van der Waals surface area contributed by atoms with Crippen molar-refractivity contribution in [2.24, 2.45) is 0 Å². The minimum atomic E-state index is 0.0176. The Hall–Kier alpha value is -2.37. The Labute approximate surface area is 141 Å². The smallest absolute Gasteiger partial charge is 0.240 e. The zero-order valence-corrected chi connectivity index (χ0v) is 14.3. The van der Waals surface area contributed by atoms with Crippen LogP contribution in [0.25, 0.3) is 10.9 Å². The van der Waals surface area contributed by atoms with E-state index in [4.69, 9.17) is 0 Å². The molecule has 0 saturated carbocycles. The molecule has 0 bridgehead atoms. The summed E-state index contributed by atoms with van der Waals surface area (Å²) in [6, 6.07) is 2.09. The van der Waals surface area contributed by atoms with Crippen molar-refractivity contribution < 1.29 is 9.59 Å². The maximum Gasteiger partial charge on any atom is 0.240 e. The minimum absolute atomic E-state index is 0.0176. The third-order valence-electron chi connectivity index (χ3n) is 4.71. The molecule has 1 N–H and O–H groups in total. The van der Waals surface area contributed by atoms with E-state index in [0.717, 1.165) is 42.4 Å². The SMILES string of the molecule is CCC(=O)N1CCC(NC(=O)Cn2cc(C)c3cnccc32)CC1. The van der Waals surface area contributed by atoms with E-state index in [2.05, 4.69) is 10.3 Å². The first kappa shape index (κ1) is 16.5. The molecule has 2 aromatic heterocycles. The molecule has 1 aliphatic rings. The van der Waals surface area contributed by atoms with E-state index in [1.165, 1.54) is 0 Å². The minimum Gasteiger partial charge on any atom is -0.352 e. The molecule has 3 rings (SSSR count). The van der Waals surface area contributed by atoms with Gasteiger partial charge >= 0.3 is 0 Å². The third-order valence-corrected chi connectivity index (χ3v) is 4.71. The van der Waals surface area contributed by atoms with Gasteiger partial charge in [-0.2, -0.15) is 0 Å². The van der Waals surface area contributed by atoms with Gasteiger partial charge in [-0.3, -0.25) is 14.6 Å². The fraction of sp³-hybridized carbons (Fsp3) is 0.500. The van der Waals surface area contributed by atoms with Crippen molar-refractivity contribution >= 4 is 22.7 Å². The summed E-state index contributed by atoms with van der Waals surface area (Å²) in [5, 5.41) is 4.19. The van der Waals surface area contributed by atoms with E-state index in [1.54, 1.807) is 6.20 Å². The molecule has 0 spiro atoms. The van der Waals surface area contributed by atoms with Gasteiger partial charge in [-0.05, 0) is 31.4 Å². The highest BCUT2D eigenvalue weighted by atomic mass is 16.2. The van der Waals surface area contributed by atoms with Crippen LogP contribution in [-0.4, -0.2) is 45.4 Å². The predicted octanol–water partition coefficient (Wildman–Crippen LogP) is 1.86. The predicted molar refractivity (Wildman–Crippen MR) is 92.5 cm³/mol. The van der Waals surface area contributed by atoms with Gasteiger partial charge < -0.3 is 14.8 Å². The van der Waals surface area contributed by atoms with Crippen molar-refractivity contribution in [1.82, 2.24) is 19.8 Å². The number of aromatic nitrogens is 2. The van der Waals surface area contributed by atoms with Gasteiger partial charge in [-0.15, -0.1) is 0 Å². The fourth-order valence-corrected chi connectivity index (χ4v) is 3.37. The first-order valence-electron chi connectivity index (χ1n) is 8.55. The summed E-state index contributed by atoms with van der Waals surface area (Å²) >= 11 is 0. The fourth-order valence-electron chi connectivity index (χ4n) is 3.37. The Bertz CT molecular complexity index is 745. The molecule has 0 unspecified atom stereocenters. The van der Waals surface area contributed by atoms with Crippen LogP contribution in [0.1, 0.15) is 31.7 Å². The molecule has 0 radical (unpaired) electrons. The average molecular weight is 328 g/mol. The topological polar surface area (TPSA) is 67.2 Å². The van der Waals surface area contributed by atoms with E-state index in [1.807, 2.05) is 41.8 Å². The highest BCUT2D eigenvalue weighted by molar-refractivity contribution is 5.85. The zero-order valence-electron chi connectivity index (χ0n) is 14.3. The number of piperidine rings is 1. The van der Waals surface area contributed by atoms with E-state index in [-0.39, 0.29) is 17.9 Å². The number of carbonyl (C=O) groups excluding carboxylic acids is 2. The lowest BCUT2D eigenvalue weighted by Crippen LogP contribution is -2.47. The quantitative estimate of drug-likeness (QED) is 0.931. The number of hydrogen-bond donors (Lipinski definition) is 1. The summed E-state index contributed by atoms with van der Waals surface area (Å²) in [7, 11) is 0. The summed E-state index contributed by atoms with van der Waals surface area (Å²) in [5.74, 6) is 0.214. The van der Waals surface area contributed by atoms with E-state index < -0.39 is 0 Å². The van der Waals surface area contributed by atoms with Crippen LogP contribution in [0, 0.1) is 6.92 Å². The number of nitrogens with zero attached hydrogens (tertiary/aromatic N) is 3. The van der Waals surface area contributed by atoms with Crippen molar-refractivity contribution in [2.75, 3.05) is 13.1 Å². The van der Waals surface area contributed by atoms with Gasteiger partial charge in [-0.1, -0.05) is 6.92 Å². The van der Waals surface area contributed by atoms with Crippen molar-refractivity contribution in [3.63, 3.8) is 0 Å². The number of amides is 2. The summed E-state index contributed by atoms with van der Waals surface area (Å²) in [4.78, 5) is 30.1. The number of nitrogens with one attached hydrogen (secondary N) is 1. The van der Waals surface area contributed by atoms with E-state index in [0.29, 0.717) is 13.0 Å². The molecule has 2 amide bonds. The molecule has 0 aliphatic carbocycles. The van der Waals surface area contributed by atoms with Gasteiger partial charge in [0.25, 0.3) is 0 Å². The van der Waals surface area contributed by atoms with Crippen LogP contribution in [0.2, 0.25) is 0 Å². The third kappa shape index (κ3) is 3.42. The molecular weight excluding hydrogens is 304 g/mol. The second-order valence-corrected chi connectivity index (χ2v) is 6.41. The van der Waals surface area contributed by atoms with Gasteiger partial charge in [0.05, 0.1) is 5.52 Å². The molecule has 1 fully saturated rings. The lowest BCUT2D eigenvalue weighted by Gasteiger charge is -2.32. The Kier molecular flexibility index (Phi) is 4.83. The normalized spacial score (nSPS) is 15.7. The Morgan fingerprint density at radius 3 is 2.79 bits per heavy atom. The lowest BCUT2D eigenvalue weighted by molar-refractivity contribution is -0.132. The Balaban J connectivity index is 1.57. The molecular formula is C18H24N4O2. The second kappa shape index (κ2) is 7.03. The number of aryl methyl sites for hydroxylation is 1. The second-order valence-electron chi connectivity index (χ2n) is 6.41. The Morgan fingerprint density at radius 1 is 1.33 bits per heavy atom. The van der Waals surface area contributed by atoms with Crippen molar-refractivity contribution in [3.8, 4) is 0 Å².